The van der Waals surface area contributed by atoms with Crippen LogP contribution < -0.4 is 9.46 Å². The number of aliphatic hydroxyl groups is 1. The van der Waals surface area contributed by atoms with Gasteiger partial charge in [-0.25, -0.2) is 17.9 Å². The van der Waals surface area contributed by atoms with Gasteiger partial charge in [0.05, 0.1) is 23.3 Å². The smallest absolute Gasteiger partial charge is 0.341 e. The molecule has 1 aromatic carbocycles. The van der Waals surface area contributed by atoms with Crippen molar-refractivity contribution in [1.82, 2.24) is 9.62 Å². The van der Waals surface area contributed by atoms with Crippen molar-refractivity contribution in [3.8, 4) is 5.75 Å². The van der Waals surface area contributed by atoms with E-state index in [0.717, 1.165) is 18.9 Å². The van der Waals surface area contributed by atoms with Crippen molar-refractivity contribution in [3.05, 3.63) is 45.6 Å². The molecule has 2 aromatic rings. The van der Waals surface area contributed by atoms with E-state index in [1.165, 1.54) is 14.0 Å². The number of halogens is 2. The number of hydrogen-bond donors (Lipinski definition) is 2. The summed E-state index contributed by atoms with van der Waals surface area (Å²) in [6, 6.07) is 6.24. The Hall–Kier alpha value is -1.82. The monoisotopic (exact) mass is 520 g/mol. The van der Waals surface area contributed by atoms with Crippen LogP contribution in [0, 0.1) is 6.92 Å². The molecule has 0 saturated carbocycles. The number of benzene rings is 1. The number of aryl methyl sites for hydroxylation is 1. The van der Waals surface area contributed by atoms with E-state index in [1.807, 2.05) is 4.90 Å². The van der Waals surface area contributed by atoms with Gasteiger partial charge in [-0.3, -0.25) is 0 Å². The molecule has 182 valence electrons. The molecule has 33 heavy (non-hydrogen) atoms. The van der Waals surface area contributed by atoms with E-state index < -0.39 is 27.2 Å². The van der Waals surface area contributed by atoms with E-state index >= 15 is 0 Å². The summed E-state index contributed by atoms with van der Waals surface area (Å²) in [5.41, 5.74) is 0.0318. The minimum absolute atomic E-state index is 0.0142. The summed E-state index contributed by atoms with van der Waals surface area (Å²) in [6.07, 6.45) is 0.588. The molecule has 0 unspecified atom stereocenters. The van der Waals surface area contributed by atoms with Crippen LogP contribution in [-0.4, -0.2) is 69.9 Å². The fourth-order valence-corrected chi connectivity index (χ4v) is 4.84. The molecule has 1 aliphatic rings. The fraction of sp³-hybridized carbons (Fsp3) is 0.476. The van der Waals surface area contributed by atoms with E-state index in [0.29, 0.717) is 35.4 Å². The van der Waals surface area contributed by atoms with Crippen molar-refractivity contribution in [2.45, 2.75) is 37.1 Å². The highest BCUT2D eigenvalue weighted by molar-refractivity contribution is 7.89. The molecule has 3 rings (SSSR count). The third-order valence-corrected chi connectivity index (χ3v) is 7.29. The van der Waals surface area contributed by atoms with Gasteiger partial charge in [0.2, 0.25) is 5.09 Å². The van der Waals surface area contributed by atoms with E-state index in [1.54, 1.807) is 18.2 Å². The number of nitrogens with one attached hydrogen (secondary N) is 1. The Bertz CT molecular complexity index is 1080. The molecule has 2 heterocycles. The van der Waals surface area contributed by atoms with Gasteiger partial charge in [-0.1, -0.05) is 23.2 Å². The summed E-state index contributed by atoms with van der Waals surface area (Å²) in [5.74, 6) is 0.0961. The number of ether oxygens (including phenoxy) is 2. The number of nitrogens with zero attached hydrogens (tertiary/aromatic N) is 1. The number of carbonyl (C=O) groups is 1. The van der Waals surface area contributed by atoms with Crippen LogP contribution >= 0.6 is 23.2 Å². The molecule has 2 N–H and O–H groups in total. The number of hydrogen-bond acceptors (Lipinski definition) is 8. The van der Waals surface area contributed by atoms with Gasteiger partial charge < -0.3 is 23.9 Å². The molecule has 0 amide bonds. The Morgan fingerprint density at radius 3 is 2.61 bits per heavy atom. The zero-order valence-corrected chi connectivity index (χ0v) is 20.5. The minimum Gasteiger partial charge on any atom is -0.490 e. The molecule has 0 aliphatic carbocycles. The first kappa shape index (κ1) is 25.8. The first-order valence-corrected chi connectivity index (χ1v) is 12.5. The molecule has 1 aliphatic heterocycles. The lowest BCUT2D eigenvalue weighted by Crippen LogP contribution is -2.44. The van der Waals surface area contributed by atoms with Crippen molar-refractivity contribution in [2.75, 3.05) is 33.3 Å². The van der Waals surface area contributed by atoms with E-state index in [2.05, 4.69) is 9.46 Å². The van der Waals surface area contributed by atoms with Gasteiger partial charge in [-0.05, 0) is 31.9 Å². The summed E-state index contributed by atoms with van der Waals surface area (Å²) < 4.78 is 43.0. The Morgan fingerprint density at radius 2 is 1.97 bits per heavy atom. The highest BCUT2D eigenvalue weighted by Gasteiger charge is 2.26. The highest BCUT2D eigenvalue weighted by Crippen LogP contribution is 2.28. The van der Waals surface area contributed by atoms with Gasteiger partial charge >= 0.3 is 5.97 Å². The molecule has 0 bridgehead atoms. The standard InChI is InChI=1S/C21H26Cl2N2O7S/c1-13-17(21(27)30-2)10-20(31-13)33(28,29)24-11-14(26)12-25-7-5-15(6-8-25)32-16-3-4-18(22)19(23)9-16/h3-4,9-10,14-15,24,26H,5-8,11-12H2,1-2H3/t14-/m0/s1. The predicted molar refractivity (Wildman–Crippen MR) is 123 cm³/mol. The van der Waals surface area contributed by atoms with Crippen LogP contribution in [0.15, 0.2) is 33.8 Å². The normalized spacial score (nSPS) is 16.5. The van der Waals surface area contributed by atoms with E-state index in [-0.39, 0.29) is 24.0 Å². The molecular weight excluding hydrogens is 495 g/mol. The van der Waals surface area contributed by atoms with Crippen molar-refractivity contribution in [3.63, 3.8) is 0 Å². The summed E-state index contributed by atoms with van der Waals surface area (Å²) in [5, 5.41) is 10.8. The van der Waals surface area contributed by atoms with Crippen molar-refractivity contribution in [1.29, 1.82) is 0 Å². The number of likely N-dealkylation sites (tertiary alicyclic amines) is 1. The summed E-state index contributed by atoms with van der Waals surface area (Å²) in [6.45, 7) is 2.95. The van der Waals surface area contributed by atoms with Crippen LogP contribution in [0.4, 0.5) is 0 Å². The molecule has 9 nitrogen and oxygen atoms in total. The van der Waals surface area contributed by atoms with Crippen LogP contribution in [0.5, 0.6) is 5.75 Å². The number of carbonyl (C=O) groups excluding carboxylic acids is 1. The second-order valence-electron chi connectivity index (χ2n) is 7.73. The van der Waals surface area contributed by atoms with Crippen LogP contribution in [0.1, 0.15) is 29.0 Å². The summed E-state index contributed by atoms with van der Waals surface area (Å²) in [4.78, 5) is 13.7. The largest absolute Gasteiger partial charge is 0.490 e. The van der Waals surface area contributed by atoms with Crippen LogP contribution in [0.3, 0.4) is 0 Å². The lowest BCUT2D eigenvalue weighted by molar-refractivity contribution is 0.0598. The van der Waals surface area contributed by atoms with Crippen molar-refractivity contribution >= 4 is 39.2 Å². The zero-order valence-electron chi connectivity index (χ0n) is 18.2. The Kier molecular flexibility index (Phi) is 8.65. The first-order chi connectivity index (χ1) is 15.6. The number of furan rings is 1. The fourth-order valence-electron chi connectivity index (χ4n) is 3.49. The van der Waals surface area contributed by atoms with E-state index in [9.17, 15) is 18.3 Å². The maximum absolute atomic E-state index is 12.5. The molecule has 1 atom stereocenters. The Morgan fingerprint density at radius 1 is 1.27 bits per heavy atom. The average Bonchev–Trinajstić information content (AvgIpc) is 3.18. The molecule has 1 fully saturated rings. The van der Waals surface area contributed by atoms with Crippen molar-refractivity contribution < 1.29 is 32.2 Å². The lowest BCUT2D eigenvalue weighted by atomic mass is 10.1. The van der Waals surface area contributed by atoms with Gasteiger partial charge in [0.1, 0.15) is 23.2 Å². The number of rotatable bonds is 9. The number of aliphatic hydroxyl groups excluding tert-OH is 1. The maximum atomic E-state index is 12.5. The molecular formula is C21H26Cl2N2O7S. The first-order valence-electron chi connectivity index (χ1n) is 10.3. The number of esters is 1. The van der Waals surface area contributed by atoms with Gasteiger partial charge in [-0.2, -0.15) is 0 Å². The van der Waals surface area contributed by atoms with Crippen LogP contribution in [0.25, 0.3) is 0 Å². The zero-order chi connectivity index (χ0) is 24.2. The Balaban J connectivity index is 1.45. The van der Waals surface area contributed by atoms with Crippen LogP contribution in [0.2, 0.25) is 10.0 Å². The number of methoxy groups -OCH3 is 1. The topological polar surface area (TPSA) is 118 Å². The number of sulfonamides is 1. The third-order valence-electron chi connectivity index (χ3n) is 5.27. The summed E-state index contributed by atoms with van der Waals surface area (Å²) in [7, 11) is -2.84. The van der Waals surface area contributed by atoms with Gasteiger partial charge in [-0.15, -0.1) is 0 Å². The summed E-state index contributed by atoms with van der Waals surface area (Å²) >= 11 is 11.9. The van der Waals surface area contributed by atoms with E-state index in [4.69, 9.17) is 32.4 Å². The maximum Gasteiger partial charge on any atom is 0.341 e. The molecule has 12 heteroatoms. The van der Waals surface area contributed by atoms with Gasteiger partial charge in [0.25, 0.3) is 10.0 Å². The van der Waals surface area contributed by atoms with Gasteiger partial charge in [0, 0.05) is 38.3 Å². The van der Waals surface area contributed by atoms with Crippen LogP contribution in [-0.2, 0) is 14.8 Å². The molecule has 1 aromatic heterocycles. The predicted octanol–water partition coefficient (Wildman–Crippen LogP) is 2.86. The highest BCUT2D eigenvalue weighted by atomic mass is 35.5. The number of β-amino-alcohol motifs (C(OH)–C–C–N with tert-alkyl or cyclic N) is 1. The van der Waals surface area contributed by atoms with Crippen molar-refractivity contribution in [2.24, 2.45) is 0 Å². The average molecular weight is 521 g/mol. The molecule has 0 radical (unpaired) electrons. The molecule has 0 spiro atoms. The lowest BCUT2D eigenvalue weighted by Gasteiger charge is -2.33. The Labute approximate surface area is 202 Å². The second-order valence-corrected chi connectivity index (χ2v) is 10.2. The SMILES string of the molecule is COC(=O)c1cc(S(=O)(=O)NC[C@H](O)CN2CCC(Oc3ccc(Cl)c(Cl)c3)CC2)oc1C. The third kappa shape index (κ3) is 6.84. The minimum atomic E-state index is -4.03. The second kappa shape index (κ2) is 11.1. The quantitative estimate of drug-likeness (QED) is 0.484. The van der Waals surface area contributed by atoms with Gasteiger partial charge in [0.15, 0.2) is 0 Å². The number of piperidine rings is 1. The molecule has 1 saturated heterocycles.